The van der Waals surface area contributed by atoms with E-state index < -0.39 is 10.0 Å². The number of primary amides is 1. The Morgan fingerprint density at radius 2 is 2.17 bits per heavy atom. The zero-order chi connectivity index (χ0) is 18.2. The van der Waals surface area contributed by atoms with Crippen molar-refractivity contribution >= 4 is 21.9 Å². The van der Waals surface area contributed by atoms with Crippen molar-refractivity contribution in [3.8, 4) is 0 Å². The number of guanidine groups is 1. The van der Waals surface area contributed by atoms with Gasteiger partial charge in [-0.15, -0.1) is 0 Å². The predicted molar refractivity (Wildman–Crippen MR) is 96.2 cm³/mol. The van der Waals surface area contributed by atoms with Crippen LogP contribution in [0.25, 0.3) is 0 Å². The van der Waals surface area contributed by atoms with Gasteiger partial charge in [-0.05, 0) is 25.2 Å². The largest absolute Gasteiger partial charge is 0.370 e. The van der Waals surface area contributed by atoms with Gasteiger partial charge in [0.05, 0.1) is 6.26 Å². The highest BCUT2D eigenvalue weighted by molar-refractivity contribution is 7.88. The Morgan fingerprint density at radius 1 is 1.46 bits per heavy atom. The summed E-state index contributed by atoms with van der Waals surface area (Å²) in [5.74, 6) is 0.812. The van der Waals surface area contributed by atoms with Crippen LogP contribution in [0.2, 0.25) is 0 Å². The molecule has 1 unspecified atom stereocenters. The van der Waals surface area contributed by atoms with Crippen LogP contribution < -0.4 is 11.1 Å². The number of piperidine rings is 1. The Kier molecular flexibility index (Phi) is 8.47. The van der Waals surface area contributed by atoms with Gasteiger partial charge in [-0.2, -0.15) is 0 Å². The Hall–Kier alpha value is -1.35. The molecule has 0 aliphatic carbocycles. The van der Waals surface area contributed by atoms with E-state index in [-0.39, 0.29) is 11.8 Å². The number of hydrogen-bond donors (Lipinski definition) is 2. The maximum Gasteiger partial charge on any atom is 0.217 e. The molecule has 8 nitrogen and oxygen atoms in total. The summed E-state index contributed by atoms with van der Waals surface area (Å²) in [6.45, 7) is 5.13. The van der Waals surface area contributed by atoms with Crippen LogP contribution in [0.1, 0.15) is 32.6 Å². The number of sulfonamides is 1. The second-order valence-corrected chi connectivity index (χ2v) is 8.19. The lowest BCUT2D eigenvalue weighted by Crippen LogP contribution is -2.47. The number of nitrogens with two attached hydrogens (primary N) is 1. The molecule has 0 radical (unpaired) electrons. The van der Waals surface area contributed by atoms with E-state index in [2.05, 4.69) is 15.2 Å². The summed E-state index contributed by atoms with van der Waals surface area (Å²) in [5.41, 5.74) is 5.30. The van der Waals surface area contributed by atoms with Crippen molar-refractivity contribution in [3.63, 3.8) is 0 Å². The minimum atomic E-state index is -3.14. The monoisotopic (exact) mass is 361 g/mol. The number of rotatable bonds is 8. The van der Waals surface area contributed by atoms with E-state index in [0.29, 0.717) is 32.5 Å². The maximum absolute atomic E-state index is 11.6. The quantitative estimate of drug-likeness (QED) is 0.354. The number of nitrogens with one attached hydrogen (secondary N) is 1. The molecule has 0 bridgehead atoms. The summed E-state index contributed by atoms with van der Waals surface area (Å²) in [7, 11) is -1.41. The fourth-order valence-corrected chi connectivity index (χ4v) is 3.98. The number of amides is 1. The molecule has 0 spiro atoms. The smallest absolute Gasteiger partial charge is 0.217 e. The van der Waals surface area contributed by atoms with E-state index in [4.69, 9.17) is 5.73 Å². The van der Waals surface area contributed by atoms with E-state index in [1.807, 2.05) is 6.92 Å². The molecule has 0 aromatic heterocycles. The van der Waals surface area contributed by atoms with Crippen LogP contribution in [0.4, 0.5) is 0 Å². The van der Waals surface area contributed by atoms with Crippen LogP contribution in [-0.2, 0) is 14.8 Å². The number of carbonyl (C=O) groups is 1. The van der Waals surface area contributed by atoms with Gasteiger partial charge in [-0.1, -0.05) is 6.92 Å². The lowest BCUT2D eigenvalue weighted by molar-refractivity contribution is -0.119. The Bertz CT molecular complexity index is 535. The summed E-state index contributed by atoms with van der Waals surface area (Å²) < 4.78 is 24.6. The summed E-state index contributed by atoms with van der Waals surface area (Å²) in [6.07, 6.45) is 4.37. The zero-order valence-corrected chi connectivity index (χ0v) is 15.8. The fraction of sp³-hybridized carbons (Fsp3) is 0.867. The number of hydrogen-bond acceptors (Lipinski definition) is 4. The first-order valence-electron chi connectivity index (χ1n) is 8.47. The molecule has 0 saturated carbocycles. The highest BCUT2D eigenvalue weighted by Gasteiger charge is 2.23. The van der Waals surface area contributed by atoms with Gasteiger partial charge in [0.25, 0.3) is 0 Å². The molecule has 1 aliphatic rings. The van der Waals surface area contributed by atoms with Crippen LogP contribution in [0.3, 0.4) is 0 Å². The summed E-state index contributed by atoms with van der Waals surface area (Å²) in [5, 5.41) is 3.28. The van der Waals surface area contributed by atoms with Gasteiger partial charge in [0.2, 0.25) is 15.9 Å². The van der Waals surface area contributed by atoms with Gasteiger partial charge in [-0.3, -0.25) is 9.79 Å². The molecular weight excluding hydrogens is 330 g/mol. The van der Waals surface area contributed by atoms with Gasteiger partial charge >= 0.3 is 0 Å². The van der Waals surface area contributed by atoms with E-state index >= 15 is 0 Å². The van der Waals surface area contributed by atoms with Crippen LogP contribution in [0.15, 0.2) is 4.99 Å². The van der Waals surface area contributed by atoms with Gasteiger partial charge in [0.15, 0.2) is 5.96 Å². The molecule has 24 heavy (non-hydrogen) atoms. The average Bonchev–Trinajstić information content (AvgIpc) is 2.49. The second kappa shape index (κ2) is 9.83. The molecule has 1 rings (SSSR count). The highest BCUT2D eigenvalue weighted by Crippen LogP contribution is 2.19. The highest BCUT2D eigenvalue weighted by atomic mass is 32.2. The molecule has 1 fully saturated rings. The lowest BCUT2D eigenvalue weighted by Gasteiger charge is -2.34. The van der Waals surface area contributed by atoms with Crippen molar-refractivity contribution in [2.45, 2.75) is 32.6 Å². The molecule has 3 N–H and O–H groups in total. The van der Waals surface area contributed by atoms with E-state index in [0.717, 1.165) is 31.9 Å². The second-order valence-electron chi connectivity index (χ2n) is 6.21. The van der Waals surface area contributed by atoms with E-state index in [1.165, 1.54) is 10.6 Å². The minimum Gasteiger partial charge on any atom is -0.370 e. The number of aliphatic imine (C=N–C) groups is 1. The number of likely N-dealkylation sites (tertiary alicyclic amines) is 1. The summed E-state index contributed by atoms with van der Waals surface area (Å²) >= 11 is 0. The Labute approximate surface area is 145 Å². The maximum atomic E-state index is 11.6. The van der Waals surface area contributed by atoms with Crippen LogP contribution >= 0.6 is 0 Å². The van der Waals surface area contributed by atoms with Crippen molar-refractivity contribution in [1.82, 2.24) is 14.5 Å². The molecule has 1 amide bonds. The summed E-state index contributed by atoms with van der Waals surface area (Å²) in [4.78, 5) is 17.5. The molecule has 1 aliphatic heterocycles. The molecule has 0 aromatic carbocycles. The molecular formula is C15H31N5O3S. The molecule has 1 saturated heterocycles. The SMILES string of the molecule is CCN(CCCNC(=NC)N1CCCC(CC(N)=O)C1)S(C)(=O)=O. The topological polar surface area (TPSA) is 108 Å². The van der Waals surface area contributed by atoms with Crippen molar-refractivity contribution in [1.29, 1.82) is 0 Å². The molecule has 0 aromatic rings. The molecule has 1 heterocycles. The third kappa shape index (κ3) is 7.04. The van der Waals surface area contributed by atoms with Gasteiger partial charge in [0, 0.05) is 46.2 Å². The zero-order valence-electron chi connectivity index (χ0n) is 15.0. The molecule has 9 heteroatoms. The molecule has 1 atom stereocenters. The lowest BCUT2D eigenvalue weighted by atomic mass is 9.95. The first-order chi connectivity index (χ1) is 11.3. The summed E-state index contributed by atoms with van der Waals surface area (Å²) in [6, 6.07) is 0. The van der Waals surface area contributed by atoms with Crippen LogP contribution in [-0.4, -0.2) is 75.5 Å². The minimum absolute atomic E-state index is 0.259. The predicted octanol–water partition coefficient (Wildman–Crippen LogP) is -0.179. The van der Waals surface area contributed by atoms with E-state index in [9.17, 15) is 13.2 Å². The average molecular weight is 362 g/mol. The Morgan fingerprint density at radius 3 is 2.71 bits per heavy atom. The molecule has 140 valence electrons. The fourth-order valence-electron chi connectivity index (χ4n) is 3.05. The third-order valence-corrected chi connectivity index (χ3v) is 5.59. The normalized spacial score (nSPS) is 19.6. The van der Waals surface area contributed by atoms with E-state index in [1.54, 1.807) is 7.05 Å². The van der Waals surface area contributed by atoms with Crippen molar-refractivity contribution < 1.29 is 13.2 Å². The number of nitrogens with zero attached hydrogens (tertiary/aromatic N) is 3. The van der Waals surface area contributed by atoms with Crippen molar-refractivity contribution in [2.75, 3.05) is 46.0 Å². The first-order valence-corrected chi connectivity index (χ1v) is 10.3. The number of carbonyl (C=O) groups excluding carboxylic acids is 1. The van der Waals surface area contributed by atoms with Crippen LogP contribution in [0, 0.1) is 5.92 Å². The third-order valence-electron chi connectivity index (χ3n) is 4.21. The van der Waals surface area contributed by atoms with Crippen LogP contribution in [0.5, 0.6) is 0 Å². The first kappa shape index (κ1) is 20.7. The van der Waals surface area contributed by atoms with Gasteiger partial charge in [-0.25, -0.2) is 12.7 Å². The van der Waals surface area contributed by atoms with Gasteiger partial charge < -0.3 is 16.0 Å². The Balaban J connectivity index is 2.43. The van der Waals surface area contributed by atoms with Crippen molar-refractivity contribution in [2.24, 2.45) is 16.6 Å². The standard InChI is InChI=1S/C15H31N5O3S/c1-4-20(24(3,22)23)10-6-8-18-15(17-2)19-9-5-7-13(12-19)11-14(16)21/h13H,4-12H2,1-3H3,(H2,16,21)(H,17,18). The van der Waals surface area contributed by atoms with Crippen molar-refractivity contribution in [3.05, 3.63) is 0 Å². The van der Waals surface area contributed by atoms with Gasteiger partial charge in [0.1, 0.15) is 0 Å².